The number of carbonyl (C=O) groups excluding carboxylic acids is 4. The fourth-order valence-corrected chi connectivity index (χ4v) is 5.35. The zero-order chi connectivity index (χ0) is 42.0. The van der Waals surface area contributed by atoms with Crippen LogP contribution in [0.3, 0.4) is 0 Å². The van der Waals surface area contributed by atoms with Crippen LogP contribution in [0.25, 0.3) is 0 Å². The van der Waals surface area contributed by atoms with E-state index in [2.05, 4.69) is 25.8 Å². The lowest BCUT2D eigenvalue weighted by molar-refractivity contribution is -0.144. The molecule has 23 heteroatoms. The smallest absolute Gasteiger partial charge is 0.481 e. The van der Waals surface area contributed by atoms with Gasteiger partial charge in [0.05, 0.1) is 12.3 Å². The molecule has 306 valence electrons. The average molecular weight is 805 g/mol. The summed E-state index contributed by atoms with van der Waals surface area (Å²) in [4.78, 5) is 129. The Balaban J connectivity index is 3.34. The first-order valence-electron chi connectivity index (χ1n) is 16.7. The van der Waals surface area contributed by atoms with Crippen LogP contribution in [0.1, 0.15) is 70.8 Å². The predicted octanol–water partition coefficient (Wildman–Crippen LogP) is -0.544. The molecule has 0 aliphatic rings. The molecule has 6 atom stereocenters. The minimum atomic E-state index is -4.89. The molecule has 0 aliphatic heterocycles. The van der Waals surface area contributed by atoms with Crippen molar-refractivity contribution in [1.82, 2.24) is 21.3 Å². The van der Waals surface area contributed by atoms with Crippen molar-refractivity contribution in [3.8, 4) is 5.75 Å². The molecule has 11 N–H and O–H groups in total. The van der Waals surface area contributed by atoms with Gasteiger partial charge in [-0.15, -0.1) is 0 Å². The van der Waals surface area contributed by atoms with Crippen molar-refractivity contribution in [1.29, 1.82) is 0 Å². The number of carbonyl (C=O) groups is 9. The van der Waals surface area contributed by atoms with Crippen LogP contribution in [-0.4, -0.2) is 113 Å². The van der Waals surface area contributed by atoms with E-state index in [1.807, 2.05) is 0 Å². The van der Waals surface area contributed by atoms with Crippen molar-refractivity contribution < 1.29 is 87.6 Å². The summed E-state index contributed by atoms with van der Waals surface area (Å²) in [6, 6.07) is -1.69. The highest BCUT2D eigenvalue weighted by Gasteiger charge is 2.35. The average Bonchev–Trinajstić information content (AvgIpc) is 3.07. The molecule has 0 aliphatic carbocycles. The monoisotopic (exact) mass is 804 g/mol. The van der Waals surface area contributed by atoms with Gasteiger partial charge in [0, 0.05) is 19.3 Å². The van der Waals surface area contributed by atoms with Crippen LogP contribution >= 0.6 is 7.82 Å². The number of amides is 4. The molecular formula is C32H45N4O18P. The third kappa shape index (κ3) is 18.8. The van der Waals surface area contributed by atoms with Crippen molar-refractivity contribution in [2.75, 3.05) is 0 Å². The van der Waals surface area contributed by atoms with E-state index in [0.717, 1.165) is 12.1 Å². The van der Waals surface area contributed by atoms with E-state index in [4.69, 9.17) is 14.9 Å². The number of nitrogens with one attached hydrogen (secondary N) is 4. The molecule has 0 saturated carbocycles. The van der Waals surface area contributed by atoms with Gasteiger partial charge in [0.2, 0.25) is 23.6 Å². The third-order valence-electron chi connectivity index (χ3n) is 8.04. The predicted molar refractivity (Wildman–Crippen MR) is 184 cm³/mol. The van der Waals surface area contributed by atoms with Gasteiger partial charge in [-0.05, 0) is 49.3 Å². The quantitative estimate of drug-likeness (QED) is 0.0524. The maximum absolute atomic E-state index is 13.5. The Morgan fingerprint density at radius 2 is 1.07 bits per heavy atom. The number of aliphatic carboxylic acids is 5. The molecule has 22 nitrogen and oxygen atoms in total. The largest absolute Gasteiger partial charge is 0.524 e. The maximum atomic E-state index is 13.5. The van der Waals surface area contributed by atoms with Gasteiger partial charge in [-0.1, -0.05) is 32.4 Å². The van der Waals surface area contributed by atoms with Gasteiger partial charge in [0.25, 0.3) is 0 Å². The molecule has 0 saturated heterocycles. The summed E-state index contributed by atoms with van der Waals surface area (Å²) < 4.78 is 15.5. The van der Waals surface area contributed by atoms with E-state index in [1.54, 1.807) is 6.92 Å². The van der Waals surface area contributed by atoms with Crippen LogP contribution in [0.4, 0.5) is 0 Å². The number of benzene rings is 1. The highest BCUT2D eigenvalue weighted by Crippen LogP contribution is 2.37. The zero-order valence-corrected chi connectivity index (χ0v) is 30.6. The first-order chi connectivity index (χ1) is 25.5. The molecule has 0 radical (unpaired) electrons. The Kier molecular flexibility index (Phi) is 19.5. The Morgan fingerprint density at radius 1 is 0.636 bits per heavy atom. The van der Waals surface area contributed by atoms with Gasteiger partial charge in [0.15, 0.2) is 0 Å². The first-order valence-corrected chi connectivity index (χ1v) is 18.2. The minimum Gasteiger partial charge on any atom is -0.481 e. The summed E-state index contributed by atoms with van der Waals surface area (Å²) in [7, 11) is -4.89. The van der Waals surface area contributed by atoms with E-state index in [-0.39, 0.29) is 18.6 Å². The van der Waals surface area contributed by atoms with Crippen molar-refractivity contribution in [3.05, 3.63) is 29.8 Å². The number of phosphoric ester groups is 1. The van der Waals surface area contributed by atoms with Crippen LogP contribution in [0.2, 0.25) is 0 Å². The molecule has 0 aromatic heterocycles. The summed E-state index contributed by atoms with van der Waals surface area (Å²) in [6.07, 6.45) is -4.53. The van der Waals surface area contributed by atoms with Crippen molar-refractivity contribution in [3.63, 3.8) is 0 Å². The molecule has 0 fully saturated rings. The second kappa shape index (κ2) is 22.6. The van der Waals surface area contributed by atoms with E-state index in [0.29, 0.717) is 5.56 Å². The van der Waals surface area contributed by atoms with Crippen LogP contribution in [-0.2, 0) is 54.1 Å². The van der Waals surface area contributed by atoms with Crippen LogP contribution in [0.5, 0.6) is 5.75 Å². The Morgan fingerprint density at radius 3 is 1.49 bits per heavy atom. The van der Waals surface area contributed by atoms with Crippen molar-refractivity contribution in [2.24, 2.45) is 11.8 Å². The molecule has 0 bridgehead atoms. The lowest BCUT2D eigenvalue weighted by atomic mass is 9.94. The maximum Gasteiger partial charge on any atom is 0.524 e. The number of carboxylic acid groups (broad SMARTS) is 5. The number of phosphoric acid groups is 1. The van der Waals surface area contributed by atoms with Gasteiger partial charge < -0.3 is 51.3 Å². The second-order valence-electron chi connectivity index (χ2n) is 12.4. The van der Waals surface area contributed by atoms with Gasteiger partial charge in [-0.2, -0.15) is 0 Å². The van der Waals surface area contributed by atoms with Crippen LogP contribution in [0, 0.1) is 11.8 Å². The molecule has 1 aromatic carbocycles. The normalized spacial score (nSPS) is 14.4. The molecule has 55 heavy (non-hydrogen) atoms. The SMILES string of the molecule is CC[C@H](C)[C@H](NC(=O)[C@H](CCC(=O)O)NC(=O)[C@H](CCC(=O)O)NC(=O)[C@@H](CC(=O)O)Cc1ccc(OP(=O)(O)O)cc1)C(=O)N[C@@H](CCC(=O)O)C(=O)O. The fourth-order valence-electron chi connectivity index (χ4n) is 4.95. The lowest BCUT2D eigenvalue weighted by Crippen LogP contribution is -2.59. The van der Waals surface area contributed by atoms with E-state index >= 15 is 0 Å². The highest BCUT2D eigenvalue weighted by atomic mass is 31.2. The summed E-state index contributed by atoms with van der Waals surface area (Å²) in [5.41, 5.74) is 0.299. The van der Waals surface area contributed by atoms with Crippen LogP contribution < -0.4 is 25.8 Å². The minimum absolute atomic E-state index is 0.237. The second-order valence-corrected chi connectivity index (χ2v) is 13.6. The van der Waals surface area contributed by atoms with Crippen molar-refractivity contribution >= 4 is 61.3 Å². The molecule has 0 heterocycles. The zero-order valence-electron chi connectivity index (χ0n) is 29.7. The highest BCUT2D eigenvalue weighted by molar-refractivity contribution is 7.46. The molecular weight excluding hydrogens is 759 g/mol. The summed E-state index contributed by atoms with van der Waals surface area (Å²) in [5.74, 6) is -13.8. The van der Waals surface area contributed by atoms with E-state index in [9.17, 15) is 68.1 Å². The Hall–Kier alpha value is -5.60. The Labute approximate surface area is 313 Å². The van der Waals surface area contributed by atoms with E-state index < -0.39 is 142 Å². The number of hydrogen-bond acceptors (Lipinski definition) is 11. The van der Waals surface area contributed by atoms with Gasteiger partial charge in [-0.3, -0.25) is 48.1 Å². The van der Waals surface area contributed by atoms with Crippen LogP contribution in [0.15, 0.2) is 24.3 Å². The number of rotatable bonds is 26. The molecule has 4 amide bonds. The summed E-state index contributed by atoms with van der Waals surface area (Å²) >= 11 is 0. The van der Waals surface area contributed by atoms with Crippen molar-refractivity contribution in [2.45, 2.75) is 95.8 Å². The molecule has 1 rings (SSSR count). The molecule has 0 spiro atoms. The van der Waals surface area contributed by atoms with Gasteiger partial charge in [-0.25, -0.2) is 9.36 Å². The number of hydrogen-bond donors (Lipinski definition) is 11. The first kappa shape index (κ1) is 47.4. The van der Waals surface area contributed by atoms with Gasteiger partial charge >= 0.3 is 37.7 Å². The summed E-state index contributed by atoms with van der Waals surface area (Å²) in [5, 5.41) is 55.5. The third-order valence-corrected chi connectivity index (χ3v) is 8.48. The topological polar surface area (TPSA) is 370 Å². The summed E-state index contributed by atoms with van der Waals surface area (Å²) in [6.45, 7) is 3.14. The van der Waals surface area contributed by atoms with E-state index in [1.165, 1.54) is 19.1 Å². The Bertz CT molecular complexity index is 1610. The molecule has 1 aromatic rings. The standard InChI is InChI=1S/C32H45N4O18P/c1-3-16(2)27(31(48)35-22(32(49)50)10-13-25(41)42)36-30(47)21(9-12-24(39)40)34-29(46)20(8-11-23(37)38)33-28(45)18(15-26(43)44)14-17-4-6-19(7-5-17)54-55(51,52)53/h4-7,16,18,20-22,27H,3,8-15H2,1-2H3,(H,33,45)(H,34,46)(H,35,48)(H,36,47)(H,37,38)(H,39,40)(H,41,42)(H,43,44)(H,49,50)(H2,51,52,53)/t16-,18+,20-,21-,22-,27-/m0/s1. The lowest BCUT2D eigenvalue weighted by Gasteiger charge is -2.28. The molecule has 0 unspecified atom stereocenters. The van der Waals surface area contributed by atoms with Gasteiger partial charge in [0.1, 0.15) is 29.9 Å². The fraction of sp³-hybridized carbons (Fsp3) is 0.531. The number of carboxylic acids is 5.